The number of amides is 1. The minimum Gasteiger partial charge on any atom is -0.463 e. The molecule has 1 amide bonds. The van der Waals surface area contributed by atoms with Crippen LogP contribution in [0.25, 0.3) is 5.53 Å². The summed E-state index contributed by atoms with van der Waals surface area (Å²) in [4.78, 5) is 86.7. The van der Waals surface area contributed by atoms with Crippen molar-refractivity contribution < 1.29 is 76.2 Å². The van der Waals surface area contributed by atoms with Gasteiger partial charge in [0.15, 0.2) is 12.2 Å². The lowest BCUT2D eigenvalue weighted by Crippen LogP contribution is -2.63. The Hall–Kier alpha value is -5.35. The Bertz CT molecular complexity index is 1410. The zero-order valence-corrected chi connectivity index (χ0v) is 29.8. The third-order valence-electron chi connectivity index (χ3n) is 6.30. The van der Waals surface area contributed by atoms with Crippen molar-refractivity contribution in [3.63, 3.8) is 0 Å². The van der Waals surface area contributed by atoms with Gasteiger partial charge in [0.25, 0.3) is 0 Å². The van der Waals surface area contributed by atoms with Gasteiger partial charge in [0.2, 0.25) is 18.2 Å². The van der Waals surface area contributed by atoms with Crippen molar-refractivity contribution in [1.29, 1.82) is 0 Å². The van der Waals surface area contributed by atoms with E-state index in [2.05, 4.69) is 10.1 Å². The van der Waals surface area contributed by atoms with Crippen LogP contribution >= 0.6 is 0 Å². The fraction of sp³-hybridized carbons (Fsp3) is 0.576. The summed E-state index contributed by atoms with van der Waals surface area (Å²) in [5.41, 5.74) is 8.98. The minimum absolute atomic E-state index is 0.142. The van der Waals surface area contributed by atoms with E-state index in [0.717, 1.165) is 27.7 Å². The highest BCUT2D eigenvalue weighted by Crippen LogP contribution is 2.31. The van der Waals surface area contributed by atoms with Crippen LogP contribution in [-0.4, -0.2) is 102 Å². The summed E-state index contributed by atoms with van der Waals surface area (Å²) >= 11 is 0. The first kappa shape index (κ1) is 43.7. The van der Waals surface area contributed by atoms with Crippen LogP contribution in [0.5, 0.6) is 5.75 Å². The van der Waals surface area contributed by atoms with Crippen LogP contribution in [0.2, 0.25) is 0 Å². The van der Waals surface area contributed by atoms with Crippen molar-refractivity contribution in [3.8, 4) is 5.75 Å². The maximum atomic E-state index is 12.5. The zero-order valence-electron chi connectivity index (χ0n) is 29.8. The predicted octanol–water partition coefficient (Wildman–Crippen LogP) is 2.37. The summed E-state index contributed by atoms with van der Waals surface area (Å²) in [7, 11) is 0. The molecule has 1 N–H and O–H groups in total. The monoisotopic (exact) mass is 723 g/mol. The molecule has 0 unspecified atom stereocenters. The molecule has 18 heteroatoms. The number of hydrogen-bond donors (Lipinski definition) is 1. The second-order valence-electron chi connectivity index (χ2n) is 10.8. The third kappa shape index (κ3) is 16.3. The first-order valence-electron chi connectivity index (χ1n) is 16.0. The molecule has 1 aliphatic heterocycles. The van der Waals surface area contributed by atoms with E-state index < -0.39 is 91.2 Å². The van der Waals surface area contributed by atoms with E-state index in [9.17, 15) is 33.6 Å². The van der Waals surface area contributed by atoms with Crippen LogP contribution in [0.15, 0.2) is 24.3 Å². The molecule has 0 spiro atoms. The van der Waals surface area contributed by atoms with Crippen molar-refractivity contribution in [2.24, 2.45) is 0 Å². The topological polar surface area (TPSA) is 242 Å². The average Bonchev–Trinajstić information content (AvgIpc) is 3.04. The number of ether oxygens (including phenoxy) is 8. The molecule has 0 aromatic heterocycles. The number of nitrogens with zero attached hydrogens (tertiary/aromatic N) is 2. The van der Waals surface area contributed by atoms with Gasteiger partial charge < -0.3 is 48.7 Å². The number of rotatable bonds is 16. The summed E-state index contributed by atoms with van der Waals surface area (Å²) in [6, 6.07) is 4.74. The van der Waals surface area contributed by atoms with Gasteiger partial charge in [0.05, 0.1) is 6.10 Å². The van der Waals surface area contributed by atoms with Gasteiger partial charge in [-0.2, -0.15) is 4.79 Å². The van der Waals surface area contributed by atoms with Crippen molar-refractivity contribution in [1.82, 2.24) is 5.32 Å². The van der Waals surface area contributed by atoms with Gasteiger partial charge >= 0.3 is 42.2 Å². The molecule has 0 aliphatic carbocycles. The van der Waals surface area contributed by atoms with Gasteiger partial charge in [-0.05, 0) is 38.0 Å². The molecule has 6 atom stereocenters. The molecular weight excluding hydrogens is 678 g/mol. The number of Topliss-reactive ketones (excluding diaryl/α,β-unsaturated/α-hetero) is 1. The Morgan fingerprint density at radius 1 is 0.843 bits per heavy atom. The summed E-state index contributed by atoms with van der Waals surface area (Å²) in [6.07, 6.45) is -8.02. The maximum absolute atomic E-state index is 12.5. The second-order valence-corrected chi connectivity index (χ2v) is 10.8. The molecule has 1 aromatic rings. The Morgan fingerprint density at radius 3 is 1.94 bits per heavy atom. The Balaban J connectivity index is 0.00000638. The van der Waals surface area contributed by atoms with E-state index in [1.165, 1.54) is 24.3 Å². The van der Waals surface area contributed by atoms with E-state index in [4.69, 9.17) is 43.4 Å². The molecule has 2 rings (SSSR count). The van der Waals surface area contributed by atoms with E-state index in [1.54, 1.807) is 13.8 Å². The number of nitrogens with one attached hydrogen (secondary N) is 1. The van der Waals surface area contributed by atoms with Gasteiger partial charge in [0, 0.05) is 34.1 Å². The Labute approximate surface area is 294 Å². The molecule has 18 nitrogen and oxygen atoms in total. The number of carbonyl (C=O) groups is 7. The first-order valence-corrected chi connectivity index (χ1v) is 16.0. The number of benzene rings is 1. The molecule has 51 heavy (non-hydrogen) atoms. The summed E-state index contributed by atoms with van der Waals surface area (Å²) < 4.78 is 43.3. The number of esters is 5. The molecule has 0 saturated carbocycles. The summed E-state index contributed by atoms with van der Waals surface area (Å²) in [6.45, 7) is 11.0. The quantitative estimate of drug-likeness (QED) is 0.0846. The van der Waals surface area contributed by atoms with Crippen LogP contribution in [0.1, 0.15) is 73.8 Å². The fourth-order valence-corrected chi connectivity index (χ4v) is 4.39. The van der Waals surface area contributed by atoms with Crippen molar-refractivity contribution in [2.45, 2.75) is 118 Å². The molecule has 0 radical (unpaired) electrons. The van der Waals surface area contributed by atoms with Crippen LogP contribution in [0, 0.1) is 0 Å². The van der Waals surface area contributed by atoms with E-state index in [-0.39, 0.29) is 25.2 Å². The van der Waals surface area contributed by atoms with Gasteiger partial charge in [-0.3, -0.25) is 24.0 Å². The largest absolute Gasteiger partial charge is 0.463 e. The lowest BCUT2D eigenvalue weighted by molar-refractivity contribution is -0.288. The normalized spacial score (nSPS) is 19.7. The van der Waals surface area contributed by atoms with Gasteiger partial charge in [0.1, 0.15) is 31.1 Å². The fourth-order valence-electron chi connectivity index (χ4n) is 4.39. The lowest BCUT2D eigenvalue weighted by Gasteiger charge is -2.43. The molecule has 1 heterocycles. The van der Waals surface area contributed by atoms with E-state index in [0.29, 0.717) is 11.8 Å². The van der Waals surface area contributed by atoms with Crippen molar-refractivity contribution in [3.05, 3.63) is 35.4 Å². The van der Waals surface area contributed by atoms with Crippen LogP contribution in [-0.2, 0) is 68.5 Å². The van der Waals surface area contributed by atoms with Crippen LogP contribution in [0.4, 0.5) is 4.79 Å². The smallest absolute Gasteiger partial charge is 0.408 e. The molecule has 1 saturated heterocycles. The van der Waals surface area contributed by atoms with Gasteiger partial charge in [-0.25, -0.2) is 9.59 Å². The predicted molar refractivity (Wildman–Crippen MR) is 173 cm³/mol. The van der Waals surface area contributed by atoms with Crippen LogP contribution in [0.3, 0.4) is 0 Å². The van der Waals surface area contributed by atoms with Gasteiger partial charge in [-0.1, -0.05) is 26.0 Å². The average molecular weight is 724 g/mol. The number of alkyl carbamates (subject to hydrolysis) is 1. The first-order chi connectivity index (χ1) is 24.1. The third-order valence-corrected chi connectivity index (χ3v) is 6.30. The Morgan fingerprint density at radius 2 is 1.41 bits per heavy atom. The summed E-state index contributed by atoms with van der Waals surface area (Å²) in [5, 5.41) is 2.35. The molecule has 1 aromatic carbocycles. The molecule has 1 aliphatic rings. The number of hydrogen-bond acceptors (Lipinski definition) is 15. The van der Waals surface area contributed by atoms with E-state index >= 15 is 0 Å². The van der Waals surface area contributed by atoms with Gasteiger partial charge in [-0.15, -0.1) is 0 Å². The number of ketones is 1. The summed E-state index contributed by atoms with van der Waals surface area (Å²) in [5.74, 6) is -4.26. The molecule has 0 bridgehead atoms. The van der Waals surface area contributed by atoms with Crippen molar-refractivity contribution in [2.75, 3.05) is 6.61 Å². The highest BCUT2D eigenvalue weighted by Gasteiger charge is 2.53. The second kappa shape index (κ2) is 22.4. The Kier molecular flexibility index (Phi) is 19.2. The highest BCUT2D eigenvalue weighted by molar-refractivity contribution is 6.25. The zero-order chi connectivity index (χ0) is 38.7. The van der Waals surface area contributed by atoms with Crippen LogP contribution < -0.4 is 10.1 Å². The van der Waals surface area contributed by atoms with Crippen molar-refractivity contribution >= 4 is 47.9 Å². The molecular formula is C33H45N3O15. The van der Waals surface area contributed by atoms with E-state index in [1.807, 2.05) is 13.8 Å². The lowest BCUT2D eigenvalue weighted by atomic mass is 9.98. The maximum Gasteiger partial charge on any atom is 0.408 e. The SMILES string of the molecule is CC.CC(=O)OC[C@H]1O[C@H](Oc2ccc(COC(=O)N[C@@H](CCC(=O)C=[N+]=[N-])C(=O)OC(C)C)cc2)[C@H](OC(C)=O)[C@@H](OC(C)=O)[C@H]1OC(C)=O. The molecule has 282 valence electrons. The highest BCUT2D eigenvalue weighted by atomic mass is 16.7. The number of carbonyl (C=O) groups excluding carboxylic acids is 7. The standard InChI is InChI=1S/C31H39N3O15.C2H6/c1-16(2)44-29(40)24(12-9-22(39)13-33-32)34-31(41)43-14-21-7-10-23(11-8-21)48-30-28(47-20(6)38)27(46-19(5)37)26(45-18(4)36)25(49-30)15-42-17(3)35;1-2/h7-8,10-11,13,16,24-28,30H,9,12,14-15H2,1-6H3,(H,34,41);1-2H3/t24-,25+,26-,27-,28+,30-;/m0./s1. The minimum atomic E-state index is -1.45. The molecule has 1 fully saturated rings.